The van der Waals surface area contributed by atoms with Crippen molar-refractivity contribution in [2.45, 2.75) is 36.6 Å². The van der Waals surface area contributed by atoms with Crippen LogP contribution in [0.3, 0.4) is 0 Å². The predicted octanol–water partition coefficient (Wildman–Crippen LogP) is 3.44. The topological polar surface area (TPSA) is 75.3 Å². The average Bonchev–Trinajstić information content (AvgIpc) is 3.06. The van der Waals surface area contributed by atoms with Crippen LogP contribution in [0.2, 0.25) is 0 Å². The molecule has 0 spiro atoms. The zero-order valence-electron chi connectivity index (χ0n) is 13.8. The van der Waals surface area contributed by atoms with E-state index in [9.17, 15) is 22.0 Å². The van der Waals surface area contributed by atoms with Crippen LogP contribution in [0.4, 0.5) is 14.5 Å². The summed E-state index contributed by atoms with van der Waals surface area (Å²) in [5.74, 6) is -2.40. The minimum Gasteiger partial charge on any atom is -0.322 e. The van der Waals surface area contributed by atoms with Gasteiger partial charge in [0.15, 0.2) is 0 Å². The molecule has 0 unspecified atom stereocenters. The molecule has 0 heterocycles. The van der Waals surface area contributed by atoms with Crippen LogP contribution >= 0.6 is 0 Å². The monoisotopic (exact) mass is 380 g/mol. The number of amides is 1. The number of carbonyl (C=O) groups is 1. The molecule has 8 heteroatoms. The lowest BCUT2D eigenvalue weighted by molar-refractivity contribution is 0.102. The van der Waals surface area contributed by atoms with Gasteiger partial charge in [-0.3, -0.25) is 4.79 Å². The number of anilines is 1. The number of benzene rings is 2. The molecule has 1 aliphatic rings. The summed E-state index contributed by atoms with van der Waals surface area (Å²) < 4.78 is 53.7. The zero-order chi connectivity index (χ0) is 18.7. The number of hydrogen-bond acceptors (Lipinski definition) is 3. The van der Waals surface area contributed by atoms with Crippen molar-refractivity contribution < 1.29 is 22.0 Å². The Morgan fingerprint density at radius 1 is 0.962 bits per heavy atom. The van der Waals surface area contributed by atoms with Crippen molar-refractivity contribution in [1.82, 2.24) is 4.72 Å². The molecule has 2 N–H and O–H groups in total. The van der Waals surface area contributed by atoms with Gasteiger partial charge in [0.2, 0.25) is 10.0 Å². The lowest BCUT2D eigenvalue weighted by atomic mass is 10.2. The molecule has 1 saturated carbocycles. The van der Waals surface area contributed by atoms with Crippen molar-refractivity contribution in [2.24, 2.45) is 0 Å². The number of sulfonamides is 1. The van der Waals surface area contributed by atoms with E-state index >= 15 is 0 Å². The average molecular weight is 380 g/mol. The summed E-state index contributed by atoms with van der Waals surface area (Å²) in [5.41, 5.74) is 0.154. The van der Waals surface area contributed by atoms with Gasteiger partial charge >= 0.3 is 0 Å². The zero-order valence-corrected chi connectivity index (χ0v) is 14.7. The number of rotatable bonds is 5. The maximum absolute atomic E-state index is 13.2. The van der Waals surface area contributed by atoms with Gasteiger partial charge < -0.3 is 5.32 Å². The highest BCUT2D eigenvalue weighted by molar-refractivity contribution is 7.89. The van der Waals surface area contributed by atoms with E-state index in [2.05, 4.69) is 10.0 Å². The number of carbonyl (C=O) groups excluding carboxylic acids is 1. The van der Waals surface area contributed by atoms with Crippen LogP contribution in [-0.4, -0.2) is 20.4 Å². The lowest BCUT2D eigenvalue weighted by Gasteiger charge is -2.13. The first-order valence-electron chi connectivity index (χ1n) is 8.23. The largest absolute Gasteiger partial charge is 0.322 e. The molecule has 2 aromatic rings. The minimum absolute atomic E-state index is 0.0396. The van der Waals surface area contributed by atoms with Crippen molar-refractivity contribution >= 4 is 21.6 Å². The van der Waals surface area contributed by atoms with Gasteiger partial charge in [-0.15, -0.1) is 0 Å². The first kappa shape index (κ1) is 18.5. The van der Waals surface area contributed by atoms with Crippen LogP contribution in [0.1, 0.15) is 36.0 Å². The van der Waals surface area contributed by atoms with Gasteiger partial charge in [0.1, 0.15) is 11.6 Å². The Morgan fingerprint density at radius 3 is 2.12 bits per heavy atom. The third-order valence-corrected chi connectivity index (χ3v) is 5.76. The van der Waals surface area contributed by atoms with E-state index < -0.39 is 27.6 Å². The van der Waals surface area contributed by atoms with Crippen LogP contribution in [0.25, 0.3) is 0 Å². The van der Waals surface area contributed by atoms with E-state index in [0.717, 1.165) is 37.8 Å². The SMILES string of the molecule is O=C(Nc1ccc(S(=O)(=O)NC2CCCC2)cc1)c1cc(F)cc(F)c1. The summed E-state index contributed by atoms with van der Waals surface area (Å²) in [7, 11) is -3.61. The predicted molar refractivity (Wildman–Crippen MR) is 93.3 cm³/mol. The maximum Gasteiger partial charge on any atom is 0.255 e. The van der Waals surface area contributed by atoms with Crippen LogP contribution < -0.4 is 10.0 Å². The third-order valence-electron chi connectivity index (χ3n) is 4.22. The van der Waals surface area contributed by atoms with Gasteiger partial charge in [-0.2, -0.15) is 0 Å². The minimum atomic E-state index is -3.61. The summed E-state index contributed by atoms with van der Waals surface area (Å²) >= 11 is 0. The quantitative estimate of drug-likeness (QED) is 0.834. The highest BCUT2D eigenvalue weighted by Gasteiger charge is 2.22. The Hall–Kier alpha value is -2.32. The van der Waals surface area contributed by atoms with Gasteiger partial charge in [0, 0.05) is 23.4 Å². The first-order valence-corrected chi connectivity index (χ1v) is 9.72. The molecule has 0 atom stereocenters. The van der Waals surface area contributed by atoms with Gasteiger partial charge in [-0.25, -0.2) is 21.9 Å². The summed E-state index contributed by atoms with van der Waals surface area (Å²) in [5, 5.41) is 2.48. The molecule has 5 nitrogen and oxygen atoms in total. The summed E-state index contributed by atoms with van der Waals surface area (Å²) in [6, 6.07) is 8.08. The Bertz CT molecular complexity index is 888. The molecule has 1 aliphatic carbocycles. The standard InChI is InChI=1S/C18H18F2N2O3S/c19-13-9-12(10-14(20)11-13)18(23)21-15-5-7-17(8-6-15)26(24,25)22-16-3-1-2-4-16/h5-11,16,22H,1-4H2,(H,21,23). The Balaban J connectivity index is 1.70. The molecule has 0 bridgehead atoms. The van der Waals surface area contributed by atoms with Gasteiger partial charge in [0.25, 0.3) is 5.91 Å². The molecule has 3 rings (SSSR count). The second kappa shape index (κ2) is 7.51. The molecular formula is C18H18F2N2O3S. The van der Waals surface area contributed by atoms with E-state index in [1.165, 1.54) is 24.3 Å². The van der Waals surface area contributed by atoms with Crippen molar-refractivity contribution in [3.8, 4) is 0 Å². The molecule has 138 valence electrons. The summed E-state index contributed by atoms with van der Waals surface area (Å²) in [6.07, 6.45) is 3.69. The normalized spacial score (nSPS) is 15.2. The Kier molecular flexibility index (Phi) is 5.33. The van der Waals surface area contributed by atoms with E-state index in [1.54, 1.807) is 0 Å². The molecule has 1 fully saturated rings. The highest BCUT2D eigenvalue weighted by Crippen LogP contribution is 2.21. The second-order valence-corrected chi connectivity index (χ2v) is 7.95. The summed E-state index contributed by atoms with van der Waals surface area (Å²) in [4.78, 5) is 12.2. The smallest absolute Gasteiger partial charge is 0.255 e. The van der Waals surface area contributed by atoms with Gasteiger partial charge in [0.05, 0.1) is 4.90 Å². The highest BCUT2D eigenvalue weighted by atomic mass is 32.2. The molecule has 0 aromatic heterocycles. The Morgan fingerprint density at radius 2 is 1.54 bits per heavy atom. The van der Waals surface area contributed by atoms with Crippen molar-refractivity contribution in [1.29, 1.82) is 0 Å². The van der Waals surface area contributed by atoms with Crippen LogP contribution in [0.5, 0.6) is 0 Å². The number of nitrogens with one attached hydrogen (secondary N) is 2. The van der Waals surface area contributed by atoms with Crippen molar-refractivity contribution in [2.75, 3.05) is 5.32 Å². The van der Waals surface area contributed by atoms with Gasteiger partial charge in [-0.05, 0) is 49.2 Å². The molecule has 0 aliphatic heterocycles. The fourth-order valence-electron chi connectivity index (χ4n) is 2.94. The van der Waals surface area contributed by atoms with E-state index in [1.807, 2.05) is 0 Å². The van der Waals surface area contributed by atoms with E-state index in [0.29, 0.717) is 11.8 Å². The lowest BCUT2D eigenvalue weighted by Crippen LogP contribution is -2.32. The van der Waals surface area contributed by atoms with Crippen molar-refractivity contribution in [3.63, 3.8) is 0 Å². The van der Waals surface area contributed by atoms with Gasteiger partial charge in [-0.1, -0.05) is 12.8 Å². The first-order chi connectivity index (χ1) is 12.3. The second-order valence-electron chi connectivity index (χ2n) is 6.24. The number of hydrogen-bond donors (Lipinski definition) is 2. The fourth-order valence-corrected chi connectivity index (χ4v) is 4.24. The van der Waals surface area contributed by atoms with Crippen LogP contribution in [-0.2, 0) is 10.0 Å². The molecule has 1 amide bonds. The summed E-state index contributed by atoms with van der Waals surface area (Å²) in [6.45, 7) is 0. The molecule has 2 aromatic carbocycles. The molecule has 0 saturated heterocycles. The maximum atomic E-state index is 13.2. The molecular weight excluding hydrogens is 362 g/mol. The fraction of sp³-hybridized carbons (Fsp3) is 0.278. The van der Waals surface area contributed by atoms with E-state index in [-0.39, 0.29) is 16.5 Å². The molecule has 0 radical (unpaired) electrons. The van der Waals surface area contributed by atoms with E-state index in [4.69, 9.17) is 0 Å². The third kappa shape index (κ3) is 4.44. The van der Waals surface area contributed by atoms with Crippen LogP contribution in [0, 0.1) is 11.6 Å². The Labute approximate surface area is 150 Å². The van der Waals surface area contributed by atoms with Crippen LogP contribution in [0.15, 0.2) is 47.4 Å². The number of halogens is 2. The molecule has 26 heavy (non-hydrogen) atoms. The van der Waals surface area contributed by atoms with Crippen molar-refractivity contribution in [3.05, 3.63) is 59.7 Å².